The lowest BCUT2D eigenvalue weighted by molar-refractivity contribution is 0.0964. The molecule has 0 aliphatic carbocycles. The molecule has 1 aromatic heterocycles. The molecule has 5 heteroatoms. The van der Waals surface area contributed by atoms with Crippen LogP contribution in [0.3, 0.4) is 0 Å². The number of benzene rings is 1. The summed E-state index contributed by atoms with van der Waals surface area (Å²) in [4.78, 5) is 13.2. The number of amides is 1. The van der Waals surface area contributed by atoms with Crippen molar-refractivity contribution in [1.29, 1.82) is 0 Å². The summed E-state index contributed by atoms with van der Waals surface area (Å²) in [5, 5.41) is 8.08. The Morgan fingerprint density at radius 2 is 2.20 bits per heavy atom. The van der Waals surface area contributed by atoms with E-state index in [-0.39, 0.29) is 11.9 Å². The van der Waals surface area contributed by atoms with E-state index in [0.29, 0.717) is 11.3 Å². The normalized spacial score (nSPS) is 11.9. The Kier molecular flexibility index (Phi) is 4.63. The molecule has 1 aromatic carbocycles. The van der Waals surface area contributed by atoms with Gasteiger partial charge in [0.15, 0.2) is 0 Å². The molecule has 2 aromatic rings. The van der Waals surface area contributed by atoms with Gasteiger partial charge in [0.1, 0.15) is 0 Å². The molecule has 1 unspecified atom stereocenters. The molecule has 1 atom stereocenters. The van der Waals surface area contributed by atoms with Gasteiger partial charge < -0.3 is 16.4 Å². The summed E-state index contributed by atoms with van der Waals surface area (Å²) in [6, 6.07) is 9.66. The van der Waals surface area contributed by atoms with Crippen LogP contribution in [0.25, 0.3) is 0 Å². The van der Waals surface area contributed by atoms with Crippen molar-refractivity contribution in [3.63, 3.8) is 0 Å². The minimum Gasteiger partial charge on any atom is -0.399 e. The van der Waals surface area contributed by atoms with Crippen molar-refractivity contribution in [2.45, 2.75) is 19.4 Å². The van der Waals surface area contributed by atoms with E-state index in [1.165, 1.54) is 4.88 Å². The van der Waals surface area contributed by atoms with Gasteiger partial charge in [0.2, 0.25) is 0 Å². The third kappa shape index (κ3) is 3.51. The highest BCUT2D eigenvalue weighted by molar-refractivity contribution is 7.09. The Morgan fingerprint density at radius 3 is 2.85 bits per heavy atom. The average molecular weight is 289 g/mol. The van der Waals surface area contributed by atoms with Crippen molar-refractivity contribution >= 4 is 28.6 Å². The molecule has 1 amide bonds. The number of hydrogen-bond donors (Lipinski definition) is 3. The van der Waals surface area contributed by atoms with Gasteiger partial charge in [-0.3, -0.25) is 4.79 Å². The van der Waals surface area contributed by atoms with Gasteiger partial charge in [-0.25, -0.2) is 0 Å². The number of thiophene rings is 1. The maximum absolute atomic E-state index is 11.9. The quantitative estimate of drug-likeness (QED) is 0.741. The number of anilines is 2. The summed E-state index contributed by atoms with van der Waals surface area (Å²) in [7, 11) is 1.62. The lowest BCUT2D eigenvalue weighted by Gasteiger charge is -2.17. The van der Waals surface area contributed by atoms with Gasteiger partial charge in [-0.15, -0.1) is 11.3 Å². The molecule has 0 radical (unpaired) electrons. The Morgan fingerprint density at radius 1 is 1.40 bits per heavy atom. The molecule has 0 spiro atoms. The molecule has 20 heavy (non-hydrogen) atoms. The molecule has 2 rings (SSSR count). The van der Waals surface area contributed by atoms with Crippen LogP contribution < -0.4 is 16.4 Å². The van der Waals surface area contributed by atoms with Crippen LogP contribution in [-0.2, 0) is 6.42 Å². The number of rotatable bonds is 5. The Balaban J connectivity index is 2.15. The zero-order valence-electron chi connectivity index (χ0n) is 11.6. The van der Waals surface area contributed by atoms with E-state index >= 15 is 0 Å². The van der Waals surface area contributed by atoms with Gasteiger partial charge in [0, 0.05) is 35.8 Å². The van der Waals surface area contributed by atoms with Crippen LogP contribution >= 0.6 is 11.3 Å². The van der Waals surface area contributed by atoms with Crippen LogP contribution in [-0.4, -0.2) is 19.0 Å². The van der Waals surface area contributed by atoms with Crippen LogP contribution in [0.5, 0.6) is 0 Å². The van der Waals surface area contributed by atoms with Gasteiger partial charge in [-0.2, -0.15) is 0 Å². The first kappa shape index (κ1) is 14.4. The summed E-state index contributed by atoms with van der Waals surface area (Å²) < 4.78 is 0. The number of carbonyl (C=O) groups is 1. The largest absolute Gasteiger partial charge is 0.399 e. The van der Waals surface area contributed by atoms with Crippen LogP contribution in [0.1, 0.15) is 22.2 Å². The molecule has 0 aliphatic rings. The highest BCUT2D eigenvalue weighted by Gasteiger charge is 2.13. The van der Waals surface area contributed by atoms with E-state index in [1.807, 2.05) is 6.07 Å². The summed E-state index contributed by atoms with van der Waals surface area (Å²) in [6.07, 6.45) is 0.916. The van der Waals surface area contributed by atoms with Crippen LogP contribution in [0.4, 0.5) is 11.4 Å². The predicted octanol–water partition coefficient (Wildman–Crippen LogP) is 2.73. The van der Waals surface area contributed by atoms with Gasteiger partial charge in [-0.1, -0.05) is 6.07 Å². The Hall–Kier alpha value is -2.01. The molecule has 1 heterocycles. The van der Waals surface area contributed by atoms with E-state index in [0.717, 1.165) is 12.1 Å². The SMILES string of the molecule is CNC(=O)c1ccc(N)cc1NC(C)Cc1cccs1. The lowest BCUT2D eigenvalue weighted by Crippen LogP contribution is -2.23. The fraction of sp³-hybridized carbons (Fsp3) is 0.267. The monoisotopic (exact) mass is 289 g/mol. The standard InChI is InChI=1S/C15H19N3OS/c1-10(8-12-4-3-7-20-12)18-14-9-11(16)5-6-13(14)15(19)17-2/h3-7,9-10,18H,8,16H2,1-2H3,(H,17,19). The second kappa shape index (κ2) is 6.43. The molecule has 0 saturated heterocycles. The summed E-state index contributed by atoms with van der Waals surface area (Å²) in [5.74, 6) is -0.115. The number of nitrogen functional groups attached to an aromatic ring is 1. The first-order valence-corrected chi connectivity index (χ1v) is 7.38. The predicted molar refractivity (Wildman–Crippen MR) is 85.4 cm³/mol. The van der Waals surface area contributed by atoms with E-state index in [9.17, 15) is 4.79 Å². The van der Waals surface area contributed by atoms with E-state index < -0.39 is 0 Å². The van der Waals surface area contributed by atoms with Gasteiger partial charge in [0.25, 0.3) is 5.91 Å². The zero-order chi connectivity index (χ0) is 14.5. The summed E-state index contributed by atoms with van der Waals surface area (Å²) in [5.41, 5.74) is 7.84. The molecular weight excluding hydrogens is 270 g/mol. The fourth-order valence-electron chi connectivity index (χ4n) is 2.06. The smallest absolute Gasteiger partial charge is 0.253 e. The molecular formula is C15H19N3OS. The molecule has 106 valence electrons. The van der Waals surface area contributed by atoms with Crippen molar-refractivity contribution in [3.8, 4) is 0 Å². The topological polar surface area (TPSA) is 67.2 Å². The van der Waals surface area contributed by atoms with Crippen LogP contribution in [0.15, 0.2) is 35.7 Å². The number of carbonyl (C=O) groups excluding carboxylic acids is 1. The molecule has 4 nitrogen and oxygen atoms in total. The highest BCUT2D eigenvalue weighted by atomic mass is 32.1. The minimum absolute atomic E-state index is 0.115. The first-order chi connectivity index (χ1) is 9.60. The molecule has 0 saturated carbocycles. The number of nitrogens with one attached hydrogen (secondary N) is 2. The molecule has 0 aliphatic heterocycles. The van der Waals surface area contributed by atoms with Crippen molar-refractivity contribution in [2.24, 2.45) is 0 Å². The molecule has 4 N–H and O–H groups in total. The van der Waals surface area contributed by atoms with Gasteiger partial charge in [-0.05, 0) is 36.6 Å². The van der Waals surface area contributed by atoms with Crippen molar-refractivity contribution < 1.29 is 4.79 Å². The third-order valence-corrected chi connectivity index (χ3v) is 3.90. The Labute approximate surface area is 123 Å². The van der Waals surface area contributed by atoms with Gasteiger partial charge >= 0.3 is 0 Å². The second-order valence-corrected chi connectivity index (χ2v) is 5.75. The Bertz CT molecular complexity index is 581. The van der Waals surface area contributed by atoms with Crippen molar-refractivity contribution in [1.82, 2.24) is 5.32 Å². The van der Waals surface area contributed by atoms with Crippen LogP contribution in [0.2, 0.25) is 0 Å². The number of nitrogens with two attached hydrogens (primary N) is 1. The van der Waals surface area contributed by atoms with Crippen molar-refractivity contribution in [3.05, 3.63) is 46.2 Å². The lowest BCUT2D eigenvalue weighted by atomic mass is 10.1. The van der Waals surface area contributed by atoms with Gasteiger partial charge in [0.05, 0.1) is 5.56 Å². The minimum atomic E-state index is -0.115. The molecule has 0 fully saturated rings. The first-order valence-electron chi connectivity index (χ1n) is 6.50. The van der Waals surface area contributed by atoms with Crippen LogP contribution in [0, 0.1) is 0 Å². The van der Waals surface area contributed by atoms with E-state index in [2.05, 4.69) is 29.0 Å². The highest BCUT2D eigenvalue weighted by Crippen LogP contribution is 2.21. The van der Waals surface area contributed by atoms with E-state index in [1.54, 1.807) is 36.6 Å². The summed E-state index contributed by atoms with van der Waals surface area (Å²) >= 11 is 1.74. The van der Waals surface area contributed by atoms with E-state index in [4.69, 9.17) is 5.73 Å². The zero-order valence-corrected chi connectivity index (χ0v) is 12.5. The number of hydrogen-bond acceptors (Lipinski definition) is 4. The molecule has 0 bridgehead atoms. The average Bonchev–Trinajstić information content (AvgIpc) is 2.90. The second-order valence-electron chi connectivity index (χ2n) is 4.71. The summed E-state index contributed by atoms with van der Waals surface area (Å²) in [6.45, 7) is 2.09. The maximum atomic E-state index is 11.9. The fourth-order valence-corrected chi connectivity index (χ4v) is 2.90. The van der Waals surface area contributed by atoms with Crippen molar-refractivity contribution in [2.75, 3.05) is 18.1 Å². The maximum Gasteiger partial charge on any atom is 0.253 e. The third-order valence-electron chi connectivity index (χ3n) is 3.00.